The van der Waals surface area contributed by atoms with Crippen molar-refractivity contribution in [2.75, 3.05) is 6.61 Å². The van der Waals surface area contributed by atoms with Crippen molar-refractivity contribution in [3.05, 3.63) is 84.4 Å². The van der Waals surface area contributed by atoms with Gasteiger partial charge in [-0.2, -0.15) is 0 Å². The number of ketones is 1. The minimum absolute atomic E-state index is 0.119. The maximum atomic E-state index is 12.8. The number of aromatic nitrogens is 1. The molecule has 0 bridgehead atoms. The van der Waals surface area contributed by atoms with Gasteiger partial charge in [0.1, 0.15) is 18.1 Å². The average Bonchev–Trinajstić information content (AvgIpc) is 3.37. The predicted molar refractivity (Wildman–Crippen MR) is 112 cm³/mol. The Bertz CT molecular complexity index is 1090. The normalized spacial score (nSPS) is 11.1. The first kappa shape index (κ1) is 18.9. The van der Waals surface area contributed by atoms with Crippen LogP contribution in [0.1, 0.15) is 30.0 Å². The second kappa shape index (κ2) is 8.27. The number of furan rings is 1. The summed E-state index contributed by atoms with van der Waals surface area (Å²) in [6.45, 7) is 5.10. The summed E-state index contributed by atoms with van der Waals surface area (Å²) in [5.41, 5.74) is 1.62. The van der Waals surface area contributed by atoms with Gasteiger partial charge >= 0.3 is 0 Å². The SMILES string of the molecule is CC(C)Oc1ccc(OCCn2cc(C(=O)c3ccco3)c3ccccc32)cc1. The molecule has 2 aromatic heterocycles. The molecule has 148 valence electrons. The fourth-order valence-corrected chi connectivity index (χ4v) is 3.30. The third kappa shape index (κ3) is 4.19. The van der Waals surface area contributed by atoms with Gasteiger partial charge in [0.2, 0.25) is 5.78 Å². The summed E-state index contributed by atoms with van der Waals surface area (Å²) in [7, 11) is 0. The van der Waals surface area contributed by atoms with Crippen LogP contribution in [0.25, 0.3) is 10.9 Å². The Morgan fingerprint density at radius 2 is 1.76 bits per heavy atom. The number of nitrogens with zero attached hydrogens (tertiary/aromatic N) is 1. The number of fused-ring (bicyclic) bond motifs is 1. The first-order chi connectivity index (χ1) is 14.1. The lowest BCUT2D eigenvalue weighted by molar-refractivity contribution is 0.101. The van der Waals surface area contributed by atoms with Gasteiger partial charge in [-0.15, -0.1) is 0 Å². The maximum Gasteiger partial charge on any atom is 0.230 e. The molecule has 0 aliphatic carbocycles. The van der Waals surface area contributed by atoms with Crippen molar-refractivity contribution >= 4 is 16.7 Å². The highest BCUT2D eigenvalue weighted by Crippen LogP contribution is 2.24. The third-order valence-corrected chi connectivity index (χ3v) is 4.57. The molecule has 0 amide bonds. The van der Waals surface area contributed by atoms with Crippen LogP contribution in [0.2, 0.25) is 0 Å². The zero-order valence-electron chi connectivity index (χ0n) is 16.5. The number of carbonyl (C=O) groups is 1. The molecule has 5 nitrogen and oxygen atoms in total. The molecule has 2 heterocycles. The third-order valence-electron chi connectivity index (χ3n) is 4.57. The molecule has 0 fully saturated rings. The fraction of sp³-hybridized carbons (Fsp3) is 0.208. The molecule has 0 saturated carbocycles. The standard InChI is InChI=1S/C24H23NO4/c1-17(2)29-19-11-9-18(10-12-19)27-15-13-25-16-21(20-6-3-4-7-22(20)25)24(26)23-8-5-14-28-23/h3-12,14,16-17H,13,15H2,1-2H3. The molecule has 0 N–H and O–H groups in total. The Balaban J connectivity index is 1.48. The van der Waals surface area contributed by atoms with Crippen LogP contribution in [0.15, 0.2) is 77.5 Å². The molecule has 5 heteroatoms. The lowest BCUT2D eigenvalue weighted by Crippen LogP contribution is -2.08. The Kier molecular flexibility index (Phi) is 5.38. The van der Waals surface area contributed by atoms with Crippen molar-refractivity contribution in [3.63, 3.8) is 0 Å². The van der Waals surface area contributed by atoms with E-state index in [0.29, 0.717) is 24.5 Å². The van der Waals surface area contributed by atoms with E-state index in [4.69, 9.17) is 13.9 Å². The van der Waals surface area contributed by atoms with E-state index >= 15 is 0 Å². The number of ether oxygens (including phenoxy) is 2. The smallest absolute Gasteiger partial charge is 0.230 e. The molecule has 0 radical (unpaired) electrons. The van der Waals surface area contributed by atoms with Crippen LogP contribution in [0.5, 0.6) is 11.5 Å². The number of carbonyl (C=O) groups excluding carboxylic acids is 1. The van der Waals surface area contributed by atoms with Crippen molar-refractivity contribution in [2.45, 2.75) is 26.5 Å². The summed E-state index contributed by atoms with van der Waals surface area (Å²) in [5, 5.41) is 0.907. The zero-order chi connectivity index (χ0) is 20.2. The molecule has 0 unspecified atom stereocenters. The summed E-state index contributed by atoms with van der Waals surface area (Å²) in [4.78, 5) is 12.8. The van der Waals surface area contributed by atoms with E-state index in [0.717, 1.165) is 22.4 Å². The minimum atomic E-state index is -0.119. The molecule has 0 aliphatic rings. The highest BCUT2D eigenvalue weighted by Gasteiger charge is 2.18. The van der Waals surface area contributed by atoms with E-state index in [-0.39, 0.29) is 11.9 Å². The molecular formula is C24H23NO4. The summed E-state index contributed by atoms with van der Waals surface area (Å²) >= 11 is 0. The highest BCUT2D eigenvalue weighted by atomic mass is 16.5. The largest absolute Gasteiger partial charge is 0.492 e. The van der Waals surface area contributed by atoms with E-state index in [9.17, 15) is 4.79 Å². The van der Waals surface area contributed by atoms with Gasteiger partial charge in [0.25, 0.3) is 0 Å². The van der Waals surface area contributed by atoms with Crippen LogP contribution >= 0.6 is 0 Å². The van der Waals surface area contributed by atoms with Gasteiger partial charge < -0.3 is 18.5 Å². The van der Waals surface area contributed by atoms with Gasteiger partial charge in [-0.05, 0) is 56.3 Å². The number of hydrogen-bond donors (Lipinski definition) is 0. The van der Waals surface area contributed by atoms with E-state index in [2.05, 4.69) is 0 Å². The number of benzene rings is 2. The topological polar surface area (TPSA) is 53.6 Å². The van der Waals surface area contributed by atoms with Gasteiger partial charge in [0.15, 0.2) is 5.76 Å². The second-order valence-corrected chi connectivity index (χ2v) is 7.05. The van der Waals surface area contributed by atoms with Crippen molar-refractivity contribution in [3.8, 4) is 11.5 Å². The van der Waals surface area contributed by atoms with Crippen molar-refractivity contribution in [1.82, 2.24) is 4.57 Å². The van der Waals surface area contributed by atoms with Gasteiger partial charge in [-0.1, -0.05) is 18.2 Å². The summed E-state index contributed by atoms with van der Waals surface area (Å²) in [5.74, 6) is 1.83. The van der Waals surface area contributed by atoms with Crippen LogP contribution in [-0.4, -0.2) is 23.1 Å². The lowest BCUT2D eigenvalue weighted by atomic mass is 10.1. The van der Waals surface area contributed by atoms with Crippen LogP contribution < -0.4 is 9.47 Å². The molecule has 0 aliphatic heterocycles. The van der Waals surface area contributed by atoms with E-state index in [1.54, 1.807) is 12.1 Å². The summed E-state index contributed by atoms with van der Waals surface area (Å²) in [6, 6.07) is 18.9. The molecule has 4 aromatic rings. The summed E-state index contributed by atoms with van der Waals surface area (Å²) < 4.78 is 18.9. The maximum absolute atomic E-state index is 12.8. The van der Waals surface area contributed by atoms with Crippen molar-refractivity contribution in [2.24, 2.45) is 0 Å². The first-order valence-corrected chi connectivity index (χ1v) is 9.67. The number of hydrogen-bond acceptors (Lipinski definition) is 4. The lowest BCUT2D eigenvalue weighted by Gasteiger charge is -2.11. The van der Waals surface area contributed by atoms with Gasteiger partial charge in [-0.25, -0.2) is 0 Å². The van der Waals surface area contributed by atoms with Crippen molar-refractivity contribution in [1.29, 1.82) is 0 Å². The molecule has 2 aromatic carbocycles. The molecule has 4 rings (SSSR count). The average molecular weight is 389 g/mol. The van der Waals surface area contributed by atoms with Crippen molar-refractivity contribution < 1.29 is 18.7 Å². The van der Waals surface area contributed by atoms with E-state index in [1.807, 2.05) is 73.1 Å². The zero-order valence-corrected chi connectivity index (χ0v) is 16.5. The quantitative estimate of drug-likeness (QED) is 0.382. The predicted octanol–water partition coefficient (Wildman–Crippen LogP) is 5.33. The highest BCUT2D eigenvalue weighted by molar-refractivity contribution is 6.15. The van der Waals surface area contributed by atoms with Crippen LogP contribution in [0.3, 0.4) is 0 Å². The van der Waals surface area contributed by atoms with Gasteiger partial charge in [0.05, 0.1) is 24.5 Å². The van der Waals surface area contributed by atoms with E-state index in [1.165, 1.54) is 6.26 Å². The Hall–Kier alpha value is -3.47. The molecule has 0 saturated heterocycles. The minimum Gasteiger partial charge on any atom is -0.492 e. The molecule has 29 heavy (non-hydrogen) atoms. The van der Waals surface area contributed by atoms with Crippen LogP contribution in [0, 0.1) is 0 Å². The first-order valence-electron chi connectivity index (χ1n) is 9.67. The van der Waals surface area contributed by atoms with Gasteiger partial charge in [0, 0.05) is 17.1 Å². The Labute approximate surface area is 169 Å². The molecule has 0 spiro atoms. The molecule has 0 atom stereocenters. The van der Waals surface area contributed by atoms with Crippen LogP contribution in [-0.2, 0) is 6.54 Å². The number of para-hydroxylation sites is 1. The second-order valence-electron chi connectivity index (χ2n) is 7.05. The Morgan fingerprint density at radius 3 is 2.48 bits per heavy atom. The van der Waals surface area contributed by atoms with E-state index < -0.39 is 0 Å². The van der Waals surface area contributed by atoms with Crippen LogP contribution in [0.4, 0.5) is 0 Å². The van der Waals surface area contributed by atoms with Gasteiger partial charge in [-0.3, -0.25) is 4.79 Å². The molecular weight excluding hydrogens is 366 g/mol. The summed E-state index contributed by atoms with van der Waals surface area (Å²) in [6.07, 6.45) is 3.53. The number of rotatable bonds is 8. The Morgan fingerprint density at radius 1 is 1.00 bits per heavy atom. The fourth-order valence-electron chi connectivity index (χ4n) is 3.30. The monoisotopic (exact) mass is 389 g/mol.